The van der Waals surface area contributed by atoms with Crippen LogP contribution in [-0.2, 0) is 11.2 Å². The zero-order valence-electron chi connectivity index (χ0n) is 10.2. The second-order valence-electron chi connectivity index (χ2n) is 4.76. The van der Waals surface area contributed by atoms with Gasteiger partial charge in [-0.3, -0.25) is 0 Å². The summed E-state index contributed by atoms with van der Waals surface area (Å²) in [7, 11) is 0. The summed E-state index contributed by atoms with van der Waals surface area (Å²) in [6, 6.07) is 5.42. The highest BCUT2D eigenvalue weighted by Crippen LogP contribution is 2.21. The zero-order chi connectivity index (χ0) is 13.1. The van der Waals surface area contributed by atoms with E-state index in [1.807, 2.05) is 32.9 Å². The van der Waals surface area contributed by atoms with Gasteiger partial charge in [-0.05, 0) is 44.9 Å². The molecule has 0 bridgehead atoms. The Hall–Kier alpha value is -0.540. The molecule has 1 aromatic rings. The fraction of sp³-hybridized carbons (Fsp3) is 0.462. The van der Waals surface area contributed by atoms with Gasteiger partial charge in [0, 0.05) is 5.33 Å². The number of hydrogen-bond acceptors (Lipinski definition) is 2. The number of rotatable bonds is 3. The standard InChI is InChI=1S/C13H16BrClO2/c1-13(2,3)17-12(16)10-5-4-9(6-7-14)8-11(10)15/h4-5,8H,6-7H2,1-3H3. The van der Waals surface area contributed by atoms with E-state index in [4.69, 9.17) is 16.3 Å². The van der Waals surface area contributed by atoms with Crippen molar-refractivity contribution in [2.24, 2.45) is 0 Å². The third-order valence-corrected chi connectivity index (χ3v) is 2.74. The molecule has 0 spiro atoms. The predicted molar refractivity (Wildman–Crippen MR) is 74.1 cm³/mol. The molecule has 0 unspecified atom stereocenters. The number of halogens is 2. The number of benzene rings is 1. The van der Waals surface area contributed by atoms with E-state index in [1.165, 1.54) is 0 Å². The van der Waals surface area contributed by atoms with Crippen molar-refractivity contribution >= 4 is 33.5 Å². The summed E-state index contributed by atoms with van der Waals surface area (Å²) in [5, 5.41) is 1.31. The Morgan fingerprint density at radius 3 is 2.53 bits per heavy atom. The van der Waals surface area contributed by atoms with Crippen molar-refractivity contribution < 1.29 is 9.53 Å². The lowest BCUT2D eigenvalue weighted by Crippen LogP contribution is -2.24. The quantitative estimate of drug-likeness (QED) is 0.615. The minimum absolute atomic E-state index is 0.382. The lowest BCUT2D eigenvalue weighted by atomic mass is 10.1. The van der Waals surface area contributed by atoms with E-state index in [1.54, 1.807) is 6.07 Å². The monoisotopic (exact) mass is 318 g/mol. The van der Waals surface area contributed by atoms with Crippen LogP contribution in [0.5, 0.6) is 0 Å². The van der Waals surface area contributed by atoms with Gasteiger partial charge in [-0.2, -0.15) is 0 Å². The minimum Gasteiger partial charge on any atom is -0.456 e. The summed E-state index contributed by atoms with van der Waals surface area (Å²) in [6.45, 7) is 5.49. The largest absolute Gasteiger partial charge is 0.456 e. The van der Waals surface area contributed by atoms with E-state index in [0.717, 1.165) is 17.3 Å². The number of carbonyl (C=O) groups is 1. The second kappa shape index (κ2) is 5.87. The first-order valence-electron chi connectivity index (χ1n) is 5.41. The summed E-state index contributed by atoms with van der Waals surface area (Å²) in [4.78, 5) is 11.8. The lowest BCUT2D eigenvalue weighted by Gasteiger charge is -2.20. The molecule has 17 heavy (non-hydrogen) atoms. The van der Waals surface area contributed by atoms with Crippen LogP contribution in [0.25, 0.3) is 0 Å². The van der Waals surface area contributed by atoms with Gasteiger partial charge in [-0.25, -0.2) is 4.79 Å². The van der Waals surface area contributed by atoms with Crippen molar-refractivity contribution in [2.75, 3.05) is 5.33 Å². The molecule has 0 N–H and O–H groups in total. The van der Waals surface area contributed by atoms with Crippen LogP contribution in [0, 0.1) is 0 Å². The van der Waals surface area contributed by atoms with Crippen LogP contribution in [0.15, 0.2) is 18.2 Å². The molecule has 0 aliphatic carbocycles. The van der Waals surface area contributed by atoms with Crippen molar-refractivity contribution in [3.63, 3.8) is 0 Å². The molecule has 0 amide bonds. The van der Waals surface area contributed by atoms with Crippen molar-refractivity contribution in [2.45, 2.75) is 32.8 Å². The van der Waals surface area contributed by atoms with E-state index >= 15 is 0 Å². The highest BCUT2D eigenvalue weighted by molar-refractivity contribution is 9.09. The molecule has 94 valence electrons. The number of aryl methyl sites for hydroxylation is 1. The highest BCUT2D eigenvalue weighted by atomic mass is 79.9. The van der Waals surface area contributed by atoms with Gasteiger partial charge in [0.1, 0.15) is 5.60 Å². The topological polar surface area (TPSA) is 26.3 Å². The Bertz CT molecular complexity index is 410. The number of esters is 1. The first kappa shape index (κ1) is 14.5. The van der Waals surface area contributed by atoms with Crippen molar-refractivity contribution in [3.8, 4) is 0 Å². The van der Waals surface area contributed by atoms with E-state index in [0.29, 0.717) is 10.6 Å². The highest BCUT2D eigenvalue weighted by Gasteiger charge is 2.19. The van der Waals surface area contributed by atoms with Crippen LogP contribution in [0.4, 0.5) is 0 Å². The molecule has 0 atom stereocenters. The molecule has 0 heterocycles. The average molecular weight is 320 g/mol. The van der Waals surface area contributed by atoms with Gasteiger partial charge in [-0.15, -0.1) is 0 Å². The molecule has 0 aliphatic heterocycles. The molecule has 0 fully saturated rings. The molecular weight excluding hydrogens is 303 g/mol. The minimum atomic E-state index is -0.505. The van der Waals surface area contributed by atoms with E-state index < -0.39 is 5.60 Å². The van der Waals surface area contributed by atoms with E-state index in [9.17, 15) is 4.79 Å². The van der Waals surface area contributed by atoms with Crippen LogP contribution >= 0.6 is 27.5 Å². The Kier molecular flexibility index (Phi) is 5.02. The second-order valence-corrected chi connectivity index (χ2v) is 5.96. The molecule has 0 saturated heterocycles. The first-order chi connectivity index (χ1) is 7.83. The maximum atomic E-state index is 11.8. The number of hydrogen-bond donors (Lipinski definition) is 0. The lowest BCUT2D eigenvalue weighted by molar-refractivity contribution is 0.00698. The van der Waals surface area contributed by atoms with Crippen molar-refractivity contribution in [1.29, 1.82) is 0 Å². The van der Waals surface area contributed by atoms with Crippen molar-refractivity contribution in [1.82, 2.24) is 0 Å². The Morgan fingerprint density at radius 2 is 2.06 bits per heavy atom. The Balaban J connectivity index is 2.88. The van der Waals surface area contributed by atoms with Gasteiger partial charge in [0.15, 0.2) is 0 Å². The van der Waals surface area contributed by atoms with Gasteiger partial charge in [0.2, 0.25) is 0 Å². The summed E-state index contributed by atoms with van der Waals surface area (Å²) in [5.74, 6) is -0.382. The van der Waals surface area contributed by atoms with Crippen molar-refractivity contribution in [3.05, 3.63) is 34.3 Å². The summed E-state index contributed by atoms with van der Waals surface area (Å²) in [6.07, 6.45) is 0.883. The first-order valence-corrected chi connectivity index (χ1v) is 6.91. The number of carbonyl (C=O) groups excluding carboxylic acids is 1. The average Bonchev–Trinajstić information content (AvgIpc) is 2.15. The molecule has 0 aromatic heterocycles. The smallest absolute Gasteiger partial charge is 0.340 e. The van der Waals surface area contributed by atoms with E-state index in [2.05, 4.69) is 15.9 Å². The summed E-state index contributed by atoms with van der Waals surface area (Å²) >= 11 is 9.44. The maximum Gasteiger partial charge on any atom is 0.340 e. The normalized spacial score (nSPS) is 11.4. The molecule has 1 aromatic carbocycles. The number of alkyl halides is 1. The molecule has 1 rings (SSSR count). The van der Waals surface area contributed by atoms with Crippen LogP contribution in [-0.4, -0.2) is 16.9 Å². The fourth-order valence-corrected chi connectivity index (χ4v) is 2.06. The summed E-state index contributed by atoms with van der Waals surface area (Å²) < 4.78 is 5.27. The molecular formula is C13H16BrClO2. The Labute approximate surface area is 115 Å². The Morgan fingerprint density at radius 1 is 1.41 bits per heavy atom. The van der Waals surface area contributed by atoms with Crippen LogP contribution in [0.3, 0.4) is 0 Å². The van der Waals surface area contributed by atoms with Crippen LogP contribution in [0.1, 0.15) is 36.7 Å². The predicted octanol–water partition coefficient (Wildman–Crippen LogP) is 4.23. The van der Waals surface area contributed by atoms with Crippen LogP contribution < -0.4 is 0 Å². The van der Waals surface area contributed by atoms with Gasteiger partial charge in [0.05, 0.1) is 10.6 Å². The van der Waals surface area contributed by atoms with Gasteiger partial charge < -0.3 is 4.74 Å². The van der Waals surface area contributed by atoms with E-state index in [-0.39, 0.29) is 5.97 Å². The third kappa shape index (κ3) is 4.68. The molecule has 2 nitrogen and oxygen atoms in total. The zero-order valence-corrected chi connectivity index (χ0v) is 12.6. The maximum absolute atomic E-state index is 11.8. The number of ether oxygens (including phenoxy) is 1. The third-order valence-electron chi connectivity index (χ3n) is 2.04. The fourth-order valence-electron chi connectivity index (χ4n) is 1.32. The van der Waals surface area contributed by atoms with Gasteiger partial charge in [0.25, 0.3) is 0 Å². The molecule has 0 radical (unpaired) electrons. The van der Waals surface area contributed by atoms with Gasteiger partial charge in [-0.1, -0.05) is 33.6 Å². The SMILES string of the molecule is CC(C)(C)OC(=O)c1ccc(CCBr)cc1Cl. The molecule has 0 aliphatic rings. The molecule has 4 heteroatoms. The summed E-state index contributed by atoms with van der Waals surface area (Å²) in [5.41, 5.74) is 1.01. The van der Waals surface area contributed by atoms with Gasteiger partial charge >= 0.3 is 5.97 Å². The van der Waals surface area contributed by atoms with Crippen LogP contribution in [0.2, 0.25) is 5.02 Å². The molecule has 0 saturated carbocycles.